The van der Waals surface area contributed by atoms with Crippen LogP contribution in [0.2, 0.25) is 0 Å². The van der Waals surface area contributed by atoms with Crippen LogP contribution in [0, 0.1) is 0 Å². The molecule has 0 radical (unpaired) electrons. The smallest absolute Gasteiger partial charge is 0.197 e. The third-order valence-electron chi connectivity index (χ3n) is 5.56. The topological polar surface area (TPSA) is 150 Å². The summed E-state index contributed by atoms with van der Waals surface area (Å²) in [7, 11) is 0. The molecule has 5 rings (SSSR count). The van der Waals surface area contributed by atoms with Crippen LogP contribution in [0.25, 0.3) is 22.3 Å². The molecular weight excluding hydrogens is 396 g/mol. The third kappa shape index (κ3) is 2.67. The zero-order valence-electron chi connectivity index (χ0n) is 15.4. The van der Waals surface area contributed by atoms with Gasteiger partial charge in [0.15, 0.2) is 11.5 Å². The molecule has 30 heavy (non-hydrogen) atoms. The van der Waals surface area contributed by atoms with Crippen molar-refractivity contribution in [2.75, 3.05) is 6.61 Å². The van der Waals surface area contributed by atoms with Gasteiger partial charge in [-0.2, -0.15) is 0 Å². The van der Waals surface area contributed by atoms with Crippen molar-refractivity contribution in [1.29, 1.82) is 0 Å². The molecule has 1 fully saturated rings. The van der Waals surface area contributed by atoms with E-state index >= 15 is 0 Å². The first-order valence-corrected chi connectivity index (χ1v) is 9.31. The first kappa shape index (κ1) is 18.9. The molecule has 1 aromatic heterocycles. The summed E-state index contributed by atoms with van der Waals surface area (Å²) < 4.78 is 17.1. The van der Waals surface area contributed by atoms with Crippen LogP contribution in [0.3, 0.4) is 0 Å². The maximum atomic E-state index is 12.8. The zero-order chi connectivity index (χ0) is 21.2. The number of aromatic hydroxyl groups is 2. The Kier molecular flexibility index (Phi) is 4.23. The molecule has 3 heterocycles. The fraction of sp³-hybridized carbons (Fsp3) is 0.286. The first-order valence-electron chi connectivity index (χ1n) is 9.31. The Morgan fingerprint density at radius 1 is 1.00 bits per heavy atom. The number of benzene rings is 2. The van der Waals surface area contributed by atoms with E-state index in [1.54, 1.807) is 12.1 Å². The number of ether oxygens (including phenoxy) is 2. The van der Waals surface area contributed by atoms with Gasteiger partial charge in [-0.25, -0.2) is 0 Å². The lowest BCUT2D eigenvalue weighted by Gasteiger charge is -2.38. The molecule has 0 saturated carbocycles. The summed E-state index contributed by atoms with van der Waals surface area (Å²) in [6.45, 7) is -0.538. The quantitative estimate of drug-likeness (QED) is 0.410. The van der Waals surface area contributed by atoms with Gasteiger partial charge in [-0.15, -0.1) is 0 Å². The lowest BCUT2D eigenvalue weighted by molar-refractivity contribution is -0.215. The van der Waals surface area contributed by atoms with Crippen LogP contribution in [0.15, 0.2) is 45.6 Å². The maximum absolute atomic E-state index is 12.8. The normalized spacial score (nSPS) is 27.5. The van der Waals surface area contributed by atoms with Crippen LogP contribution in [0.1, 0.15) is 11.7 Å². The predicted octanol–water partition coefficient (Wildman–Crippen LogP) is 0.786. The summed E-state index contributed by atoms with van der Waals surface area (Å²) in [5.74, 6) is 0.0386. The lowest BCUT2D eigenvalue weighted by Crippen LogP contribution is -2.55. The van der Waals surface area contributed by atoms with Crippen molar-refractivity contribution in [3.8, 4) is 28.6 Å². The molecule has 0 spiro atoms. The summed E-state index contributed by atoms with van der Waals surface area (Å²) in [4.78, 5) is 12.8. The van der Waals surface area contributed by atoms with Gasteiger partial charge in [-0.05, 0) is 24.3 Å². The second kappa shape index (κ2) is 6.71. The molecule has 3 aromatic rings. The highest BCUT2D eigenvalue weighted by atomic mass is 16.6. The van der Waals surface area contributed by atoms with Crippen molar-refractivity contribution in [2.24, 2.45) is 0 Å². The highest BCUT2D eigenvalue weighted by Gasteiger charge is 2.52. The average molecular weight is 414 g/mol. The molecule has 2 aliphatic rings. The molecule has 0 amide bonds. The molecule has 2 aliphatic heterocycles. The number of fused-ring (bicyclic) bond motifs is 4. The molecule has 0 bridgehead atoms. The van der Waals surface area contributed by atoms with Gasteiger partial charge in [-0.1, -0.05) is 0 Å². The molecule has 156 valence electrons. The minimum absolute atomic E-state index is 0.0641. The molecule has 9 nitrogen and oxygen atoms in total. The minimum Gasteiger partial charge on any atom is -0.508 e. The molecule has 1 saturated heterocycles. The summed E-state index contributed by atoms with van der Waals surface area (Å²) in [6, 6.07) is 8.72. The molecular formula is C21H18O9. The number of phenolic OH excluding ortho intramolecular Hbond substituents is 2. The summed E-state index contributed by atoms with van der Waals surface area (Å²) in [5, 5.41) is 50.1. The first-order chi connectivity index (χ1) is 14.4. The second-order valence-corrected chi connectivity index (χ2v) is 7.37. The number of aliphatic hydroxyl groups excluding tert-OH is 3. The second-order valence-electron chi connectivity index (χ2n) is 7.37. The zero-order valence-corrected chi connectivity index (χ0v) is 15.4. The standard InChI is InChI=1S/C21H18O9/c22-7-14-17(25)19(27)21-20(30-14)16-13(29-21)6-12-15(18(16)26)10(24)5-11(28-12)8-1-3-9(23)4-2-8/h1-6,14,17,19-23,25-27H,7H2/t14-,17+,19+,20-,21+/m0/s1. The van der Waals surface area contributed by atoms with Gasteiger partial charge < -0.3 is 39.4 Å². The molecule has 2 aromatic carbocycles. The highest BCUT2D eigenvalue weighted by Crippen LogP contribution is 2.50. The van der Waals surface area contributed by atoms with E-state index in [4.69, 9.17) is 13.9 Å². The highest BCUT2D eigenvalue weighted by molar-refractivity contribution is 5.88. The van der Waals surface area contributed by atoms with Crippen LogP contribution in [-0.4, -0.2) is 56.6 Å². The number of phenols is 2. The Morgan fingerprint density at radius 2 is 1.73 bits per heavy atom. The van der Waals surface area contributed by atoms with E-state index in [0.29, 0.717) is 5.56 Å². The van der Waals surface area contributed by atoms with Gasteiger partial charge in [0.2, 0.25) is 0 Å². The molecule has 5 N–H and O–H groups in total. The lowest BCUT2D eigenvalue weighted by atomic mass is 9.92. The largest absolute Gasteiger partial charge is 0.508 e. The Morgan fingerprint density at radius 3 is 2.43 bits per heavy atom. The van der Waals surface area contributed by atoms with E-state index in [1.807, 2.05) is 0 Å². The van der Waals surface area contributed by atoms with Crippen molar-refractivity contribution >= 4 is 11.0 Å². The number of rotatable bonds is 2. The Balaban J connectivity index is 1.65. The van der Waals surface area contributed by atoms with Gasteiger partial charge in [-0.3, -0.25) is 4.79 Å². The van der Waals surface area contributed by atoms with Crippen molar-refractivity contribution in [1.82, 2.24) is 0 Å². The van der Waals surface area contributed by atoms with Crippen LogP contribution in [0.4, 0.5) is 0 Å². The Hall–Kier alpha value is -3.11. The fourth-order valence-corrected chi connectivity index (χ4v) is 4.04. The van der Waals surface area contributed by atoms with E-state index in [9.17, 15) is 30.3 Å². The SMILES string of the molecule is O=c1cc(-c2ccc(O)cc2)oc2cc3c(c(O)c12)[C@@H]1O[C@@H](CO)[C@@H](O)[C@@H](O)[C@H]1O3. The van der Waals surface area contributed by atoms with E-state index in [1.165, 1.54) is 24.3 Å². The van der Waals surface area contributed by atoms with Crippen LogP contribution in [0.5, 0.6) is 17.2 Å². The van der Waals surface area contributed by atoms with Crippen LogP contribution in [-0.2, 0) is 4.74 Å². The number of hydrogen-bond acceptors (Lipinski definition) is 9. The maximum Gasteiger partial charge on any atom is 0.197 e. The molecule has 5 atom stereocenters. The van der Waals surface area contributed by atoms with Crippen LogP contribution < -0.4 is 10.2 Å². The van der Waals surface area contributed by atoms with Crippen molar-refractivity contribution in [3.63, 3.8) is 0 Å². The summed E-state index contributed by atoms with van der Waals surface area (Å²) in [6.07, 6.45) is -5.81. The Labute approximate surface area is 169 Å². The van der Waals surface area contributed by atoms with E-state index in [-0.39, 0.29) is 33.8 Å². The molecule has 0 aliphatic carbocycles. The van der Waals surface area contributed by atoms with Gasteiger partial charge in [0.1, 0.15) is 58.4 Å². The monoisotopic (exact) mass is 414 g/mol. The van der Waals surface area contributed by atoms with Gasteiger partial charge in [0.25, 0.3) is 0 Å². The van der Waals surface area contributed by atoms with Gasteiger partial charge in [0.05, 0.1) is 12.2 Å². The van der Waals surface area contributed by atoms with E-state index < -0.39 is 48.3 Å². The molecule has 9 heteroatoms. The van der Waals surface area contributed by atoms with Crippen molar-refractivity contribution in [3.05, 3.63) is 52.2 Å². The predicted molar refractivity (Wildman–Crippen MR) is 102 cm³/mol. The molecule has 0 unspecified atom stereocenters. The number of hydrogen-bond donors (Lipinski definition) is 5. The van der Waals surface area contributed by atoms with Gasteiger partial charge >= 0.3 is 0 Å². The van der Waals surface area contributed by atoms with E-state index in [0.717, 1.165) is 0 Å². The van der Waals surface area contributed by atoms with Crippen LogP contribution >= 0.6 is 0 Å². The number of aliphatic hydroxyl groups is 3. The third-order valence-corrected chi connectivity index (χ3v) is 5.56. The summed E-state index contributed by atoms with van der Waals surface area (Å²) >= 11 is 0. The summed E-state index contributed by atoms with van der Waals surface area (Å²) in [5.41, 5.74) is 0.267. The fourth-order valence-electron chi connectivity index (χ4n) is 4.04. The van der Waals surface area contributed by atoms with Crippen molar-refractivity contribution < 1.29 is 39.4 Å². The Bertz CT molecular complexity index is 1180. The van der Waals surface area contributed by atoms with E-state index in [2.05, 4.69) is 0 Å². The van der Waals surface area contributed by atoms with Crippen molar-refractivity contribution in [2.45, 2.75) is 30.5 Å². The van der Waals surface area contributed by atoms with Gasteiger partial charge in [0, 0.05) is 17.7 Å². The minimum atomic E-state index is -1.37. The average Bonchev–Trinajstić information content (AvgIpc) is 3.09.